The van der Waals surface area contributed by atoms with Gasteiger partial charge in [0.25, 0.3) is 0 Å². The molecule has 2 saturated heterocycles. The van der Waals surface area contributed by atoms with Crippen molar-refractivity contribution in [2.75, 3.05) is 0 Å². The minimum Gasteiger partial charge on any atom is -0.370 e. The average molecular weight is 328 g/mol. The molecule has 2 bridgehead atoms. The van der Waals surface area contributed by atoms with Crippen LogP contribution in [0.3, 0.4) is 0 Å². The van der Waals surface area contributed by atoms with E-state index in [0.717, 1.165) is 25.3 Å². The lowest BCUT2D eigenvalue weighted by molar-refractivity contribution is -0.139. The fraction of sp³-hybridized carbons (Fsp3) is 0.667. The van der Waals surface area contributed by atoms with Crippen molar-refractivity contribution in [2.24, 2.45) is 5.92 Å². The van der Waals surface area contributed by atoms with E-state index in [-0.39, 0.29) is 29.5 Å². The Bertz CT molecular complexity index is 584. The van der Waals surface area contributed by atoms with Gasteiger partial charge in [0.05, 0.1) is 29.5 Å². The van der Waals surface area contributed by atoms with Crippen LogP contribution in [0, 0.1) is 5.92 Å². The second-order valence-electron chi connectivity index (χ2n) is 7.29. The van der Waals surface area contributed by atoms with Gasteiger partial charge >= 0.3 is 6.18 Å². The molecule has 3 atom stereocenters. The molecule has 1 aromatic rings. The van der Waals surface area contributed by atoms with Crippen LogP contribution in [0.1, 0.15) is 51.2 Å². The Labute approximate surface area is 135 Å². The molecule has 0 amide bonds. The molecule has 2 aliphatic rings. The first-order chi connectivity index (χ1) is 10.7. The Balaban J connectivity index is 1.73. The van der Waals surface area contributed by atoms with E-state index in [4.69, 9.17) is 9.47 Å². The molecular formula is C18H23F3O2. The van der Waals surface area contributed by atoms with Crippen molar-refractivity contribution in [3.8, 4) is 0 Å². The van der Waals surface area contributed by atoms with Gasteiger partial charge in [0, 0.05) is 6.42 Å². The number of rotatable bonds is 4. The summed E-state index contributed by atoms with van der Waals surface area (Å²) in [5.41, 5.74) is -0.988. The van der Waals surface area contributed by atoms with Crippen molar-refractivity contribution in [1.29, 1.82) is 0 Å². The first kappa shape index (κ1) is 16.8. The highest BCUT2D eigenvalue weighted by atomic mass is 19.4. The number of ether oxygens (including phenoxy) is 2. The topological polar surface area (TPSA) is 18.5 Å². The van der Waals surface area contributed by atoms with Crippen LogP contribution in [0.4, 0.5) is 13.2 Å². The summed E-state index contributed by atoms with van der Waals surface area (Å²) in [5.74, 6) is 0.375. The van der Waals surface area contributed by atoms with Crippen LogP contribution in [-0.4, -0.2) is 17.3 Å². The molecule has 0 spiro atoms. The molecule has 0 unspecified atom stereocenters. The first-order valence-corrected chi connectivity index (χ1v) is 8.13. The number of halogens is 3. The molecule has 23 heavy (non-hydrogen) atoms. The normalized spacial score (nSPS) is 33.6. The molecule has 0 aromatic heterocycles. The van der Waals surface area contributed by atoms with E-state index in [0.29, 0.717) is 5.92 Å². The standard InChI is InChI=1S/C18H23F3O2/c1-12(2)17-9-8-16(3,23-17)15(10-17)22-11-13-6-4-5-7-14(13)18(19,20)21/h4-7,12,15H,8-11H2,1-3H3/t15-,16+,17-/m0/s1. The summed E-state index contributed by atoms with van der Waals surface area (Å²) in [4.78, 5) is 0. The summed E-state index contributed by atoms with van der Waals surface area (Å²) >= 11 is 0. The molecule has 0 N–H and O–H groups in total. The zero-order chi connectivity index (χ0) is 16.9. The lowest BCUT2D eigenvalue weighted by Crippen LogP contribution is -2.38. The number of fused-ring (bicyclic) bond motifs is 2. The maximum Gasteiger partial charge on any atom is 0.416 e. The molecule has 0 radical (unpaired) electrons. The molecule has 5 heteroatoms. The third-order valence-electron chi connectivity index (χ3n) is 5.51. The van der Waals surface area contributed by atoms with Crippen molar-refractivity contribution in [2.45, 2.75) is 70.1 Å². The minimum atomic E-state index is -4.35. The van der Waals surface area contributed by atoms with Crippen molar-refractivity contribution in [3.63, 3.8) is 0 Å². The van der Waals surface area contributed by atoms with E-state index in [1.807, 2.05) is 6.92 Å². The summed E-state index contributed by atoms with van der Waals surface area (Å²) < 4.78 is 51.4. The van der Waals surface area contributed by atoms with Gasteiger partial charge in [-0.1, -0.05) is 32.0 Å². The Morgan fingerprint density at radius 1 is 1.26 bits per heavy atom. The highest BCUT2D eigenvalue weighted by Gasteiger charge is 2.60. The smallest absolute Gasteiger partial charge is 0.370 e. The zero-order valence-corrected chi connectivity index (χ0v) is 13.7. The summed E-state index contributed by atoms with van der Waals surface area (Å²) in [6.45, 7) is 6.25. The zero-order valence-electron chi connectivity index (χ0n) is 13.7. The molecule has 2 aliphatic heterocycles. The van der Waals surface area contributed by atoms with Gasteiger partial charge in [-0.25, -0.2) is 0 Å². The Kier molecular flexibility index (Phi) is 4.00. The van der Waals surface area contributed by atoms with Gasteiger partial charge < -0.3 is 9.47 Å². The molecular weight excluding hydrogens is 305 g/mol. The Morgan fingerprint density at radius 2 is 1.96 bits per heavy atom. The second-order valence-corrected chi connectivity index (χ2v) is 7.29. The van der Waals surface area contributed by atoms with Gasteiger partial charge in [0.15, 0.2) is 0 Å². The van der Waals surface area contributed by atoms with E-state index in [9.17, 15) is 13.2 Å². The van der Waals surface area contributed by atoms with Crippen LogP contribution in [0.15, 0.2) is 24.3 Å². The Hall–Kier alpha value is -1.07. The summed E-state index contributed by atoms with van der Waals surface area (Å²) in [5, 5.41) is 0. The predicted octanol–water partition coefficient (Wildman–Crippen LogP) is 4.96. The molecule has 2 heterocycles. The summed E-state index contributed by atoms with van der Waals surface area (Å²) in [7, 11) is 0. The van der Waals surface area contributed by atoms with E-state index in [1.54, 1.807) is 6.07 Å². The van der Waals surface area contributed by atoms with Crippen molar-refractivity contribution >= 4 is 0 Å². The molecule has 0 aliphatic carbocycles. The van der Waals surface area contributed by atoms with Crippen LogP contribution >= 0.6 is 0 Å². The van der Waals surface area contributed by atoms with E-state index < -0.39 is 11.7 Å². The van der Waals surface area contributed by atoms with Crippen LogP contribution in [0.2, 0.25) is 0 Å². The molecule has 2 nitrogen and oxygen atoms in total. The highest BCUT2D eigenvalue weighted by molar-refractivity contribution is 5.29. The molecule has 0 saturated carbocycles. The largest absolute Gasteiger partial charge is 0.416 e. The quantitative estimate of drug-likeness (QED) is 0.778. The van der Waals surface area contributed by atoms with Gasteiger partial charge in [-0.3, -0.25) is 0 Å². The van der Waals surface area contributed by atoms with Crippen molar-refractivity contribution in [1.82, 2.24) is 0 Å². The van der Waals surface area contributed by atoms with E-state index in [1.165, 1.54) is 12.1 Å². The van der Waals surface area contributed by atoms with E-state index in [2.05, 4.69) is 13.8 Å². The maximum absolute atomic E-state index is 13.1. The molecule has 128 valence electrons. The fourth-order valence-corrected chi connectivity index (χ4v) is 3.92. The number of alkyl halides is 3. The van der Waals surface area contributed by atoms with Crippen molar-refractivity contribution in [3.05, 3.63) is 35.4 Å². The summed E-state index contributed by atoms with van der Waals surface area (Å²) in [6.07, 6.45) is -1.85. The van der Waals surface area contributed by atoms with Crippen LogP contribution in [0.5, 0.6) is 0 Å². The van der Waals surface area contributed by atoms with Crippen LogP contribution in [-0.2, 0) is 22.3 Å². The lowest BCUT2D eigenvalue weighted by atomic mass is 9.75. The van der Waals surface area contributed by atoms with Crippen LogP contribution in [0.25, 0.3) is 0 Å². The Morgan fingerprint density at radius 3 is 2.57 bits per heavy atom. The van der Waals surface area contributed by atoms with Gasteiger partial charge in [-0.2, -0.15) is 13.2 Å². The molecule has 2 fully saturated rings. The maximum atomic E-state index is 13.1. The molecule has 1 aromatic carbocycles. The van der Waals surface area contributed by atoms with Gasteiger partial charge in [0.2, 0.25) is 0 Å². The lowest BCUT2D eigenvalue weighted by Gasteiger charge is -2.31. The first-order valence-electron chi connectivity index (χ1n) is 8.13. The fourth-order valence-electron chi connectivity index (χ4n) is 3.92. The predicted molar refractivity (Wildman–Crippen MR) is 80.9 cm³/mol. The number of hydrogen-bond acceptors (Lipinski definition) is 2. The number of benzene rings is 1. The SMILES string of the molecule is CC(C)[C@@]12CC[C@@](C)(O1)[C@@H](OCc1ccccc1C(F)(F)F)C2. The number of hydrogen-bond donors (Lipinski definition) is 0. The van der Waals surface area contributed by atoms with Gasteiger partial charge in [-0.05, 0) is 37.3 Å². The highest BCUT2D eigenvalue weighted by Crippen LogP contribution is 2.55. The monoisotopic (exact) mass is 328 g/mol. The van der Waals surface area contributed by atoms with E-state index >= 15 is 0 Å². The average Bonchev–Trinajstić information content (AvgIpc) is 2.96. The minimum absolute atomic E-state index is 0.0343. The van der Waals surface area contributed by atoms with Crippen LogP contribution < -0.4 is 0 Å². The van der Waals surface area contributed by atoms with Gasteiger partial charge in [0.1, 0.15) is 0 Å². The van der Waals surface area contributed by atoms with Crippen molar-refractivity contribution < 1.29 is 22.6 Å². The third-order valence-corrected chi connectivity index (χ3v) is 5.51. The summed E-state index contributed by atoms with van der Waals surface area (Å²) in [6, 6.07) is 5.61. The second kappa shape index (κ2) is 5.49. The third kappa shape index (κ3) is 2.89. The molecule has 3 rings (SSSR count). The van der Waals surface area contributed by atoms with Gasteiger partial charge in [-0.15, -0.1) is 0 Å².